The van der Waals surface area contributed by atoms with E-state index in [-0.39, 0.29) is 17.1 Å². The number of rotatable bonds is 2. The Hall–Kier alpha value is -1.97. The van der Waals surface area contributed by atoms with Crippen LogP contribution in [0.1, 0.15) is 81.3 Å². The van der Waals surface area contributed by atoms with E-state index in [9.17, 15) is 4.79 Å². The zero-order valence-corrected chi connectivity index (χ0v) is 18.1. The summed E-state index contributed by atoms with van der Waals surface area (Å²) in [5.41, 5.74) is 4.82. The summed E-state index contributed by atoms with van der Waals surface area (Å²) in [7, 11) is 0. The molecule has 152 valence electrons. The van der Waals surface area contributed by atoms with Gasteiger partial charge in [0, 0.05) is 11.1 Å². The van der Waals surface area contributed by atoms with Crippen LogP contribution in [0.15, 0.2) is 48.5 Å². The first-order chi connectivity index (χ1) is 13.1. The molecule has 0 bridgehead atoms. The second-order valence-electron chi connectivity index (χ2n) is 9.29. The van der Waals surface area contributed by atoms with Crippen molar-refractivity contribution >= 4 is 6.29 Å². The number of ether oxygens (including phenoxy) is 2. The van der Waals surface area contributed by atoms with Gasteiger partial charge in [-0.25, -0.2) is 0 Å². The Labute approximate surface area is 170 Å². The van der Waals surface area contributed by atoms with Crippen LogP contribution < -0.4 is 0 Å². The maximum Gasteiger partial charge on any atom is 0.183 e. The highest BCUT2D eigenvalue weighted by atomic mass is 16.7. The SMILES string of the molecule is CC(C)(C)c1ccc(C2OCCCO2)cc1.CC(C)(C)c1ccc(C=O)cc1. The van der Waals surface area contributed by atoms with E-state index in [1.807, 2.05) is 24.3 Å². The molecule has 0 spiro atoms. The van der Waals surface area contributed by atoms with Crippen LogP contribution in [0, 0.1) is 0 Å². The first kappa shape index (κ1) is 22.3. The highest BCUT2D eigenvalue weighted by molar-refractivity contribution is 5.74. The number of benzene rings is 2. The summed E-state index contributed by atoms with van der Waals surface area (Å²) in [5.74, 6) is 0. The lowest BCUT2D eigenvalue weighted by molar-refractivity contribution is -0.183. The van der Waals surface area contributed by atoms with Gasteiger partial charge in [-0.1, -0.05) is 90.1 Å². The Kier molecular flexibility index (Phi) is 7.56. The van der Waals surface area contributed by atoms with Crippen molar-refractivity contribution in [3.8, 4) is 0 Å². The molecule has 2 aromatic rings. The molecular formula is C25H34O3. The third-order valence-corrected chi connectivity index (χ3v) is 4.79. The minimum absolute atomic E-state index is 0.164. The Bertz CT molecular complexity index is 725. The highest BCUT2D eigenvalue weighted by Crippen LogP contribution is 2.27. The molecule has 1 aliphatic heterocycles. The maximum absolute atomic E-state index is 10.4. The smallest absolute Gasteiger partial charge is 0.183 e. The van der Waals surface area contributed by atoms with Crippen molar-refractivity contribution in [3.63, 3.8) is 0 Å². The molecule has 3 nitrogen and oxygen atoms in total. The molecule has 3 heteroatoms. The second kappa shape index (κ2) is 9.49. The van der Waals surface area contributed by atoms with Crippen LogP contribution in [0.5, 0.6) is 0 Å². The van der Waals surface area contributed by atoms with E-state index in [4.69, 9.17) is 9.47 Å². The molecule has 1 saturated heterocycles. The second-order valence-corrected chi connectivity index (χ2v) is 9.29. The van der Waals surface area contributed by atoms with Crippen LogP contribution in [0.4, 0.5) is 0 Å². The van der Waals surface area contributed by atoms with E-state index in [0.717, 1.165) is 37.0 Å². The van der Waals surface area contributed by atoms with Crippen molar-refractivity contribution in [1.82, 2.24) is 0 Å². The summed E-state index contributed by atoms with van der Waals surface area (Å²) in [4.78, 5) is 10.4. The molecule has 2 aromatic carbocycles. The lowest BCUT2D eigenvalue weighted by atomic mass is 9.87. The Morgan fingerprint density at radius 3 is 1.57 bits per heavy atom. The molecule has 1 aliphatic rings. The van der Waals surface area contributed by atoms with Crippen LogP contribution in [-0.4, -0.2) is 19.5 Å². The molecule has 0 atom stereocenters. The van der Waals surface area contributed by atoms with Crippen LogP contribution in [0.25, 0.3) is 0 Å². The molecule has 0 N–H and O–H groups in total. The van der Waals surface area contributed by atoms with Crippen LogP contribution in [0.2, 0.25) is 0 Å². The zero-order valence-electron chi connectivity index (χ0n) is 18.1. The fraction of sp³-hybridized carbons (Fsp3) is 0.480. The fourth-order valence-electron chi connectivity index (χ4n) is 2.88. The van der Waals surface area contributed by atoms with Crippen molar-refractivity contribution < 1.29 is 14.3 Å². The van der Waals surface area contributed by atoms with Crippen molar-refractivity contribution in [2.75, 3.05) is 13.2 Å². The largest absolute Gasteiger partial charge is 0.348 e. The third-order valence-electron chi connectivity index (χ3n) is 4.79. The summed E-state index contributed by atoms with van der Waals surface area (Å²) < 4.78 is 11.1. The van der Waals surface area contributed by atoms with Crippen molar-refractivity contribution in [1.29, 1.82) is 0 Å². The molecule has 3 rings (SSSR count). The van der Waals surface area contributed by atoms with Gasteiger partial charge in [0.05, 0.1) is 13.2 Å². The van der Waals surface area contributed by atoms with Gasteiger partial charge in [-0.2, -0.15) is 0 Å². The lowest BCUT2D eigenvalue weighted by Gasteiger charge is -2.25. The lowest BCUT2D eigenvalue weighted by Crippen LogP contribution is -2.18. The predicted octanol–water partition coefficient (Wildman–Crippen LogP) is 6.22. The minimum atomic E-state index is -0.164. The molecule has 0 saturated carbocycles. The van der Waals surface area contributed by atoms with E-state index in [1.165, 1.54) is 11.1 Å². The van der Waals surface area contributed by atoms with E-state index < -0.39 is 0 Å². The molecule has 1 heterocycles. The summed E-state index contributed by atoms with van der Waals surface area (Å²) >= 11 is 0. The number of hydrogen-bond acceptors (Lipinski definition) is 3. The van der Waals surface area contributed by atoms with E-state index in [0.29, 0.717) is 0 Å². The molecule has 0 aromatic heterocycles. The number of carbonyl (C=O) groups excluding carboxylic acids is 1. The zero-order chi connectivity index (χ0) is 20.8. The van der Waals surface area contributed by atoms with Gasteiger partial charge in [-0.15, -0.1) is 0 Å². The standard InChI is InChI=1S/C14H20O2.C11H14O/c1-14(2,3)12-7-5-11(6-8-12)13-15-9-4-10-16-13;1-11(2,3)10-6-4-9(8-12)5-7-10/h5-8,13H,4,9-10H2,1-3H3;4-8H,1-3H3. The molecule has 0 amide bonds. The van der Waals surface area contributed by atoms with Gasteiger partial charge in [-0.3, -0.25) is 4.79 Å². The summed E-state index contributed by atoms with van der Waals surface area (Å²) in [6, 6.07) is 16.3. The number of carbonyl (C=O) groups is 1. The van der Waals surface area contributed by atoms with Gasteiger partial charge in [0.25, 0.3) is 0 Å². The van der Waals surface area contributed by atoms with Crippen molar-refractivity contribution in [3.05, 3.63) is 70.8 Å². The molecule has 0 unspecified atom stereocenters. The predicted molar refractivity (Wildman–Crippen MR) is 115 cm³/mol. The van der Waals surface area contributed by atoms with Gasteiger partial charge < -0.3 is 9.47 Å². The van der Waals surface area contributed by atoms with Gasteiger partial charge in [0.2, 0.25) is 0 Å². The topological polar surface area (TPSA) is 35.5 Å². The normalized spacial score (nSPS) is 15.5. The third kappa shape index (κ3) is 6.57. The van der Waals surface area contributed by atoms with Gasteiger partial charge >= 0.3 is 0 Å². The number of aldehydes is 1. The highest BCUT2D eigenvalue weighted by Gasteiger charge is 2.18. The minimum Gasteiger partial charge on any atom is -0.348 e. The Balaban J connectivity index is 0.000000209. The Morgan fingerprint density at radius 1 is 0.750 bits per heavy atom. The summed E-state index contributed by atoms with van der Waals surface area (Å²) in [6.07, 6.45) is 1.70. The van der Waals surface area contributed by atoms with Gasteiger partial charge in [0.15, 0.2) is 6.29 Å². The molecule has 0 radical (unpaired) electrons. The molecule has 1 fully saturated rings. The average Bonchev–Trinajstić information content (AvgIpc) is 2.68. The first-order valence-electron chi connectivity index (χ1n) is 10.0. The first-order valence-corrected chi connectivity index (χ1v) is 10.0. The summed E-state index contributed by atoms with van der Waals surface area (Å²) in [5, 5.41) is 0. The molecular weight excluding hydrogens is 348 g/mol. The van der Waals surface area contributed by atoms with E-state index >= 15 is 0 Å². The molecule has 28 heavy (non-hydrogen) atoms. The number of hydrogen-bond donors (Lipinski definition) is 0. The fourth-order valence-corrected chi connectivity index (χ4v) is 2.88. The average molecular weight is 383 g/mol. The van der Waals surface area contributed by atoms with Crippen LogP contribution in [-0.2, 0) is 20.3 Å². The van der Waals surface area contributed by atoms with Crippen LogP contribution in [0.3, 0.4) is 0 Å². The van der Waals surface area contributed by atoms with E-state index in [2.05, 4.69) is 65.8 Å². The van der Waals surface area contributed by atoms with Gasteiger partial charge in [0.1, 0.15) is 6.29 Å². The van der Waals surface area contributed by atoms with E-state index in [1.54, 1.807) is 0 Å². The van der Waals surface area contributed by atoms with Crippen molar-refractivity contribution in [2.24, 2.45) is 0 Å². The maximum atomic E-state index is 10.4. The van der Waals surface area contributed by atoms with Crippen molar-refractivity contribution in [2.45, 2.75) is 65.1 Å². The summed E-state index contributed by atoms with van der Waals surface area (Å²) in [6.45, 7) is 14.7. The monoisotopic (exact) mass is 382 g/mol. The van der Waals surface area contributed by atoms with Crippen LogP contribution >= 0.6 is 0 Å². The van der Waals surface area contributed by atoms with Gasteiger partial charge in [-0.05, 0) is 28.4 Å². The molecule has 0 aliphatic carbocycles. The quantitative estimate of drug-likeness (QED) is 0.579. The Morgan fingerprint density at radius 2 is 1.18 bits per heavy atom.